The van der Waals surface area contributed by atoms with Crippen molar-refractivity contribution in [3.05, 3.63) is 42.0 Å². The molecule has 1 aromatic rings. The number of allylic oxidation sites excluding steroid dienone is 1. The Hall–Kier alpha value is -2.12. The fraction of sp³-hybridized carbons (Fsp3) is 0.231. The second-order valence-electron chi connectivity index (χ2n) is 3.32. The number of amides is 1. The first-order chi connectivity index (χ1) is 8.26. The summed E-state index contributed by atoms with van der Waals surface area (Å²) in [6.07, 6.45) is 3.68. The lowest BCUT2D eigenvalue weighted by atomic mass is 10.2. The van der Waals surface area contributed by atoms with Gasteiger partial charge in [-0.2, -0.15) is 5.26 Å². The van der Waals surface area contributed by atoms with Gasteiger partial charge in [-0.3, -0.25) is 4.79 Å². The fourth-order valence-electron chi connectivity index (χ4n) is 1.18. The van der Waals surface area contributed by atoms with Gasteiger partial charge in [0, 0.05) is 5.69 Å². The van der Waals surface area contributed by atoms with E-state index in [2.05, 4.69) is 5.32 Å². The van der Waals surface area contributed by atoms with Crippen molar-refractivity contribution in [2.75, 3.05) is 18.5 Å². The lowest BCUT2D eigenvalue weighted by Crippen LogP contribution is -2.18. The second kappa shape index (κ2) is 7.20. The van der Waals surface area contributed by atoms with Crippen molar-refractivity contribution in [3.8, 4) is 6.07 Å². The number of rotatable bonds is 5. The molecule has 0 aliphatic heterocycles. The van der Waals surface area contributed by atoms with Crippen molar-refractivity contribution in [1.82, 2.24) is 0 Å². The van der Waals surface area contributed by atoms with Gasteiger partial charge in [-0.1, -0.05) is 18.2 Å². The smallest absolute Gasteiger partial charge is 0.250 e. The third-order valence-electron chi connectivity index (χ3n) is 1.96. The van der Waals surface area contributed by atoms with Crippen LogP contribution in [0.4, 0.5) is 5.69 Å². The predicted molar refractivity (Wildman–Crippen MR) is 65.4 cm³/mol. The van der Waals surface area contributed by atoms with Crippen LogP contribution in [0.15, 0.2) is 36.4 Å². The monoisotopic (exact) mass is 230 g/mol. The fourth-order valence-corrected chi connectivity index (χ4v) is 1.18. The Labute approximate surface area is 101 Å². The molecule has 0 heterocycles. The maximum atomic E-state index is 11.4. The number of ether oxygens (including phenoxy) is 1. The Morgan fingerprint density at radius 3 is 3.12 bits per heavy atom. The highest BCUT2D eigenvalue weighted by molar-refractivity contribution is 5.91. The summed E-state index contributed by atoms with van der Waals surface area (Å²) < 4.78 is 5.10. The van der Waals surface area contributed by atoms with E-state index in [1.54, 1.807) is 24.3 Å². The van der Waals surface area contributed by atoms with Gasteiger partial charge in [0.25, 0.3) is 0 Å². The zero-order valence-corrected chi connectivity index (χ0v) is 9.64. The minimum Gasteiger partial charge on any atom is -0.368 e. The van der Waals surface area contributed by atoms with E-state index < -0.39 is 0 Å². The summed E-state index contributed by atoms with van der Waals surface area (Å²) in [7, 11) is 0. The second-order valence-corrected chi connectivity index (χ2v) is 3.32. The highest BCUT2D eigenvalue weighted by Gasteiger charge is 2.02. The summed E-state index contributed by atoms with van der Waals surface area (Å²) in [5.74, 6) is -0.232. The van der Waals surface area contributed by atoms with Crippen molar-refractivity contribution in [3.63, 3.8) is 0 Å². The number of carbonyl (C=O) groups is 1. The normalized spacial score (nSPS) is 10.1. The average Bonchev–Trinajstić information content (AvgIpc) is 2.35. The van der Waals surface area contributed by atoms with Crippen molar-refractivity contribution < 1.29 is 9.53 Å². The molecule has 0 atom stereocenters. The number of carbonyl (C=O) groups excluding carboxylic acids is 1. The number of nitrogens with zero attached hydrogens (tertiary/aromatic N) is 1. The van der Waals surface area contributed by atoms with Gasteiger partial charge in [-0.05, 0) is 25.1 Å². The van der Waals surface area contributed by atoms with Gasteiger partial charge in [0.15, 0.2) is 0 Å². The van der Waals surface area contributed by atoms with E-state index >= 15 is 0 Å². The molecule has 0 unspecified atom stereocenters. The zero-order chi connectivity index (χ0) is 12.5. The standard InChI is InChI=1S/C13H14N2O2/c1-2-3-7-17-10-13(16)15-12-6-4-5-11(8-12)9-14/h2-6,8H,7,10H2,1H3,(H,15,16). The molecular formula is C13H14N2O2. The van der Waals surface area contributed by atoms with Gasteiger partial charge in [0.05, 0.1) is 18.2 Å². The van der Waals surface area contributed by atoms with E-state index in [9.17, 15) is 4.79 Å². The molecule has 1 aromatic carbocycles. The maximum Gasteiger partial charge on any atom is 0.250 e. The van der Waals surface area contributed by atoms with Crippen LogP contribution in [-0.4, -0.2) is 19.1 Å². The van der Waals surface area contributed by atoms with Crippen molar-refractivity contribution in [1.29, 1.82) is 5.26 Å². The van der Waals surface area contributed by atoms with Crippen LogP contribution in [0.1, 0.15) is 12.5 Å². The van der Waals surface area contributed by atoms with Crippen LogP contribution in [-0.2, 0) is 9.53 Å². The van der Waals surface area contributed by atoms with Gasteiger partial charge >= 0.3 is 0 Å². The molecule has 4 heteroatoms. The predicted octanol–water partition coefficient (Wildman–Crippen LogP) is 2.09. The molecule has 0 radical (unpaired) electrons. The third-order valence-corrected chi connectivity index (χ3v) is 1.96. The van der Waals surface area contributed by atoms with Crippen LogP contribution in [0, 0.1) is 11.3 Å². The third kappa shape index (κ3) is 4.96. The number of hydrogen-bond acceptors (Lipinski definition) is 3. The minimum atomic E-state index is -0.232. The van der Waals surface area contributed by atoms with E-state index in [0.717, 1.165) is 0 Å². The number of nitrogens with one attached hydrogen (secondary N) is 1. The van der Waals surface area contributed by atoms with Crippen LogP contribution < -0.4 is 5.32 Å². The lowest BCUT2D eigenvalue weighted by molar-refractivity contribution is -0.120. The molecule has 0 aromatic heterocycles. The van der Waals surface area contributed by atoms with Gasteiger partial charge in [-0.15, -0.1) is 0 Å². The first kappa shape index (κ1) is 12.9. The molecular weight excluding hydrogens is 216 g/mol. The highest BCUT2D eigenvalue weighted by atomic mass is 16.5. The topological polar surface area (TPSA) is 62.1 Å². The molecule has 0 aliphatic carbocycles. The molecule has 0 spiro atoms. The Morgan fingerprint density at radius 2 is 2.41 bits per heavy atom. The van der Waals surface area contributed by atoms with Gasteiger partial charge < -0.3 is 10.1 Å². The van der Waals surface area contributed by atoms with E-state index in [4.69, 9.17) is 10.00 Å². The lowest BCUT2D eigenvalue weighted by Gasteiger charge is -2.05. The largest absolute Gasteiger partial charge is 0.368 e. The molecule has 4 nitrogen and oxygen atoms in total. The van der Waals surface area contributed by atoms with E-state index in [1.165, 1.54) is 0 Å². The summed E-state index contributed by atoms with van der Waals surface area (Å²) in [6, 6.07) is 8.75. The zero-order valence-electron chi connectivity index (χ0n) is 9.64. The van der Waals surface area contributed by atoms with E-state index in [-0.39, 0.29) is 12.5 Å². The molecule has 0 saturated carbocycles. The number of nitriles is 1. The molecule has 1 N–H and O–H groups in total. The summed E-state index contributed by atoms with van der Waals surface area (Å²) in [5.41, 5.74) is 1.11. The van der Waals surface area contributed by atoms with Crippen molar-refractivity contribution in [2.24, 2.45) is 0 Å². The number of anilines is 1. The summed E-state index contributed by atoms with van der Waals surface area (Å²) >= 11 is 0. The molecule has 0 fully saturated rings. The Bertz CT molecular complexity index is 447. The van der Waals surface area contributed by atoms with E-state index in [1.807, 2.05) is 25.1 Å². The number of hydrogen-bond donors (Lipinski definition) is 1. The first-order valence-electron chi connectivity index (χ1n) is 5.25. The summed E-state index contributed by atoms with van der Waals surface area (Å²) in [4.78, 5) is 11.4. The minimum absolute atomic E-state index is 0.00111. The summed E-state index contributed by atoms with van der Waals surface area (Å²) in [6.45, 7) is 2.31. The molecule has 1 rings (SSSR count). The molecule has 88 valence electrons. The Balaban J connectivity index is 2.42. The van der Waals surface area contributed by atoms with Crippen molar-refractivity contribution >= 4 is 11.6 Å². The van der Waals surface area contributed by atoms with Gasteiger partial charge in [-0.25, -0.2) is 0 Å². The molecule has 0 aliphatic rings. The van der Waals surface area contributed by atoms with Crippen LogP contribution in [0.25, 0.3) is 0 Å². The highest BCUT2D eigenvalue weighted by Crippen LogP contribution is 2.09. The Kier molecular flexibility index (Phi) is 5.49. The van der Waals surface area contributed by atoms with E-state index in [0.29, 0.717) is 17.9 Å². The van der Waals surface area contributed by atoms with Crippen LogP contribution >= 0.6 is 0 Å². The SMILES string of the molecule is CC=CCOCC(=O)Nc1cccc(C#N)c1. The molecule has 0 bridgehead atoms. The molecule has 17 heavy (non-hydrogen) atoms. The maximum absolute atomic E-state index is 11.4. The molecule has 1 amide bonds. The van der Waals surface area contributed by atoms with Gasteiger partial charge in [0.2, 0.25) is 5.91 Å². The first-order valence-corrected chi connectivity index (χ1v) is 5.25. The Morgan fingerprint density at radius 1 is 1.59 bits per heavy atom. The number of benzene rings is 1. The van der Waals surface area contributed by atoms with Crippen molar-refractivity contribution in [2.45, 2.75) is 6.92 Å². The van der Waals surface area contributed by atoms with Crippen LogP contribution in [0.3, 0.4) is 0 Å². The van der Waals surface area contributed by atoms with Crippen LogP contribution in [0.2, 0.25) is 0 Å². The van der Waals surface area contributed by atoms with Gasteiger partial charge in [0.1, 0.15) is 6.61 Å². The molecule has 0 saturated heterocycles. The summed E-state index contributed by atoms with van der Waals surface area (Å²) in [5, 5.41) is 11.4. The van der Waals surface area contributed by atoms with Crippen LogP contribution in [0.5, 0.6) is 0 Å². The average molecular weight is 230 g/mol. The quantitative estimate of drug-likeness (QED) is 0.622.